The number of aryl methyl sites for hydroxylation is 1. The van der Waals surface area contributed by atoms with Crippen LogP contribution in [0.4, 0.5) is 5.82 Å². The number of hydrogen-bond donors (Lipinski definition) is 1. The van der Waals surface area contributed by atoms with E-state index in [0.717, 1.165) is 31.1 Å². The number of pyridine rings is 1. The number of halogens is 1. The second-order valence-electron chi connectivity index (χ2n) is 6.02. The van der Waals surface area contributed by atoms with Gasteiger partial charge >= 0.3 is 5.97 Å². The van der Waals surface area contributed by atoms with E-state index >= 15 is 0 Å². The van der Waals surface area contributed by atoms with Crippen LogP contribution in [0.2, 0.25) is 5.02 Å². The van der Waals surface area contributed by atoms with E-state index in [1.165, 1.54) is 0 Å². The summed E-state index contributed by atoms with van der Waals surface area (Å²) in [7, 11) is 0. The van der Waals surface area contributed by atoms with Crippen LogP contribution in [-0.2, 0) is 9.53 Å². The highest BCUT2D eigenvalue weighted by molar-refractivity contribution is 6.31. The molecule has 0 saturated carbocycles. The molecule has 0 radical (unpaired) electrons. The van der Waals surface area contributed by atoms with Gasteiger partial charge in [0.15, 0.2) is 0 Å². The Labute approximate surface area is 134 Å². The third-order valence-electron chi connectivity index (χ3n) is 4.25. The van der Waals surface area contributed by atoms with Gasteiger partial charge in [0.05, 0.1) is 36.5 Å². The van der Waals surface area contributed by atoms with Crippen molar-refractivity contribution >= 4 is 23.4 Å². The molecule has 2 aliphatic heterocycles. The lowest BCUT2D eigenvalue weighted by Crippen LogP contribution is -2.45. The van der Waals surface area contributed by atoms with Gasteiger partial charge < -0.3 is 14.7 Å². The molecule has 3 rings (SSSR count). The van der Waals surface area contributed by atoms with Crippen LogP contribution in [0.15, 0.2) is 12.1 Å². The van der Waals surface area contributed by atoms with Gasteiger partial charge in [-0.1, -0.05) is 11.6 Å². The number of ether oxygens (including phenoxy) is 1. The van der Waals surface area contributed by atoms with Crippen molar-refractivity contribution in [2.24, 2.45) is 5.92 Å². The molecule has 2 saturated heterocycles. The van der Waals surface area contributed by atoms with Gasteiger partial charge in [-0.25, -0.2) is 4.98 Å². The molecular weight excluding hydrogens is 306 g/mol. The van der Waals surface area contributed by atoms with Gasteiger partial charge in [0.2, 0.25) is 0 Å². The molecule has 2 atom stereocenters. The summed E-state index contributed by atoms with van der Waals surface area (Å²) in [4.78, 5) is 19.9. The zero-order valence-corrected chi connectivity index (χ0v) is 13.3. The average Bonchev–Trinajstić information content (AvgIpc) is 2.71. The summed E-state index contributed by atoms with van der Waals surface area (Å²) >= 11 is 6.05. The minimum absolute atomic E-state index is 0.0610. The molecule has 1 N–H and O–H groups in total. The largest absolute Gasteiger partial charge is 0.480 e. The average molecular weight is 326 g/mol. The Bertz CT molecular complexity index is 569. The first-order valence-corrected chi connectivity index (χ1v) is 7.82. The number of carboxylic acids is 1. The van der Waals surface area contributed by atoms with E-state index in [0.29, 0.717) is 18.2 Å². The maximum absolute atomic E-state index is 11.1. The second kappa shape index (κ2) is 6.40. The Hall–Kier alpha value is -1.37. The first kappa shape index (κ1) is 15.5. The lowest BCUT2D eigenvalue weighted by atomic mass is 10.1. The van der Waals surface area contributed by atoms with Crippen LogP contribution < -0.4 is 4.90 Å². The molecule has 0 unspecified atom stereocenters. The number of aliphatic carboxylic acids is 1. The Morgan fingerprint density at radius 1 is 1.41 bits per heavy atom. The number of nitrogens with zero attached hydrogens (tertiary/aromatic N) is 3. The Balaban J connectivity index is 1.83. The fourth-order valence-electron chi connectivity index (χ4n) is 3.19. The number of aromatic nitrogens is 1. The van der Waals surface area contributed by atoms with Crippen molar-refractivity contribution in [2.45, 2.75) is 13.0 Å². The summed E-state index contributed by atoms with van der Waals surface area (Å²) in [6.07, 6.45) is 0. The fraction of sp³-hybridized carbons (Fsp3) is 0.600. The number of fused-ring (bicyclic) bond motifs is 3. The Morgan fingerprint density at radius 3 is 2.95 bits per heavy atom. The highest BCUT2D eigenvalue weighted by Gasteiger charge is 2.34. The zero-order valence-electron chi connectivity index (χ0n) is 12.5. The van der Waals surface area contributed by atoms with E-state index in [1.807, 2.05) is 24.0 Å². The van der Waals surface area contributed by atoms with Crippen LogP contribution >= 0.6 is 11.6 Å². The molecule has 1 aromatic rings. The number of carbonyl (C=O) groups is 1. The summed E-state index contributed by atoms with van der Waals surface area (Å²) < 4.78 is 5.70. The number of anilines is 1. The standard InChI is InChI=1S/C15H20ClN3O3/c1-10-13(16)2-3-14(17-10)19-5-11-4-18(7-15(20)21)12(6-19)9-22-8-11/h2-3,11-12H,4-9H2,1H3,(H,20,21)/t11-,12+/m1/s1. The molecule has 2 aliphatic rings. The van der Waals surface area contributed by atoms with E-state index in [-0.39, 0.29) is 18.5 Å². The topological polar surface area (TPSA) is 65.9 Å². The molecule has 120 valence electrons. The molecule has 2 fully saturated rings. The smallest absolute Gasteiger partial charge is 0.317 e. The maximum Gasteiger partial charge on any atom is 0.317 e. The molecule has 3 heterocycles. The molecular formula is C15H20ClN3O3. The van der Waals surface area contributed by atoms with E-state index < -0.39 is 5.97 Å². The van der Waals surface area contributed by atoms with Gasteiger partial charge in [-0.15, -0.1) is 0 Å². The lowest BCUT2D eigenvalue weighted by molar-refractivity contribution is -0.138. The zero-order chi connectivity index (χ0) is 15.7. The monoisotopic (exact) mass is 325 g/mol. The van der Waals surface area contributed by atoms with E-state index in [9.17, 15) is 4.79 Å². The normalized spacial score (nSPS) is 25.8. The third kappa shape index (κ3) is 3.34. The van der Waals surface area contributed by atoms with Crippen LogP contribution in [0.3, 0.4) is 0 Å². The van der Waals surface area contributed by atoms with Crippen molar-refractivity contribution in [3.05, 3.63) is 22.8 Å². The van der Waals surface area contributed by atoms with E-state index in [1.54, 1.807) is 0 Å². The molecule has 0 aliphatic carbocycles. The van der Waals surface area contributed by atoms with Crippen molar-refractivity contribution in [1.29, 1.82) is 0 Å². The van der Waals surface area contributed by atoms with Crippen LogP contribution in [0.25, 0.3) is 0 Å². The lowest BCUT2D eigenvalue weighted by Gasteiger charge is -2.31. The van der Waals surface area contributed by atoms with Gasteiger partial charge in [-0.05, 0) is 19.1 Å². The summed E-state index contributed by atoms with van der Waals surface area (Å²) in [6, 6.07) is 3.87. The summed E-state index contributed by atoms with van der Waals surface area (Å²) in [6.45, 7) is 5.47. The molecule has 0 spiro atoms. The highest BCUT2D eigenvalue weighted by atomic mass is 35.5. The second-order valence-corrected chi connectivity index (χ2v) is 6.43. The molecule has 6 nitrogen and oxygen atoms in total. The predicted molar refractivity (Wildman–Crippen MR) is 83.5 cm³/mol. The summed E-state index contributed by atoms with van der Waals surface area (Å²) in [5.74, 6) is 0.389. The van der Waals surface area contributed by atoms with E-state index in [4.69, 9.17) is 21.4 Å². The van der Waals surface area contributed by atoms with E-state index in [2.05, 4.69) is 9.88 Å². The van der Waals surface area contributed by atoms with Crippen molar-refractivity contribution < 1.29 is 14.6 Å². The Morgan fingerprint density at radius 2 is 2.23 bits per heavy atom. The van der Waals surface area contributed by atoms with Crippen molar-refractivity contribution in [3.63, 3.8) is 0 Å². The predicted octanol–water partition coefficient (Wildman–Crippen LogP) is 1.27. The Kier molecular flexibility index (Phi) is 4.52. The molecule has 0 amide bonds. The van der Waals surface area contributed by atoms with Gasteiger partial charge in [-0.2, -0.15) is 0 Å². The third-order valence-corrected chi connectivity index (χ3v) is 4.65. The summed E-state index contributed by atoms with van der Waals surface area (Å²) in [5.41, 5.74) is 0.812. The highest BCUT2D eigenvalue weighted by Crippen LogP contribution is 2.25. The van der Waals surface area contributed by atoms with Gasteiger partial charge in [0, 0.05) is 25.6 Å². The number of hydrogen-bond acceptors (Lipinski definition) is 5. The van der Waals surface area contributed by atoms with Gasteiger partial charge in [0.1, 0.15) is 5.82 Å². The fourth-order valence-corrected chi connectivity index (χ4v) is 3.30. The molecule has 2 bridgehead atoms. The van der Waals surface area contributed by atoms with Crippen LogP contribution in [0.5, 0.6) is 0 Å². The van der Waals surface area contributed by atoms with Crippen LogP contribution in [0, 0.1) is 12.8 Å². The van der Waals surface area contributed by atoms with Crippen LogP contribution in [0.1, 0.15) is 5.69 Å². The first-order valence-electron chi connectivity index (χ1n) is 7.44. The molecule has 7 heteroatoms. The quantitative estimate of drug-likeness (QED) is 0.902. The van der Waals surface area contributed by atoms with Crippen LogP contribution in [-0.4, -0.2) is 66.4 Å². The van der Waals surface area contributed by atoms with Gasteiger partial charge in [-0.3, -0.25) is 9.69 Å². The molecule has 1 aromatic heterocycles. The maximum atomic E-state index is 11.1. The van der Waals surface area contributed by atoms with Crippen molar-refractivity contribution in [3.8, 4) is 0 Å². The van der Waals surface area contributed by atoms with Crippen molar-refractivity contribution in [1.82, 2.24) is 9.88 Å². The number of rotatable bonds is 3. The summed E-state index contributed by atoms with van der Waals surface area (Å²) in [5, 5.41) is 9.77. The SMILES string of the molecule is Cc1nc(N2C[C@@H]3COC[C@H](C2)N(CC(=O)O)C3)ccc1Cl. The van der Waals surface area contributed by atoms with Crippen molar-refractivity contribution in [2.75, 3.05) is 44.3 Å². The van der Waals surface area contributed by atoms with Gasteiger partial charge in [0.25, 0.3) is 0 Å². The minimum Gasteiger partial charge on any atom is -0.480 e. The first-order chi connectivity index (χ1) is 10.5. The minimum atomic E-state index is -0.792. The number of carboxylic acid groups (broad SMARTS) is 1. The molecule has 22 heavy (non-hydrogen) atoms. The molecule has 0 aromatic carbocycles.